The number of halogens is 1. The fourth-order valence-corrected chi connectivity index (χ4v) is 1.07. The molecule has 0 aromatic heterocycles. The largest absolute Gasteiger partial charge is 0.493 e. The zero-order chi connectivity index (χ0) is 10.8. The summed E-state index contributed by atoms with van der Waals surface area (Å²) in [5.41, 5.74) is 6.31. The molecule has 0 saturated carbocycles. The molecule has 1 rings (SSSR count). The highest BCUT2D eigenvalue weighted by molar-refractivity contribution is 6.33. The summed E-state index contributed by atoms with van der Waals surface area (Å²) < 4.78 is 5.57. The van der Waals surface area contributed by atoms with Crippen molar-refractivity contribution in [2.24, 2.45) is 5.41 Å². The molecule has 1 aromatic rings. The van der Waals surface area contributed by atoms with Gasteiger partial charge in [0.05, 0.1) is 17.3 Å². The van der Waals surface area contributed by atoms with Crippen LogP contribution in [-0.4, -0.2) is 6.61 Å². The van der Waals surface area contributed by atoms with Crippen molar-refractivity contribution in [1.82, 2.24) is 0 Å². The van der Waals surface area contributed by atoms with E-state index in [0.717, 1.165) is 5.75 Å². The van der Waals surface area contributed by atoms with Gasteiger partial charge in [0.25, 0.3) is 0 Å². The van der Waals surface area contributed by atoms with Crippen molar-refractivity contribution in [2.75, 3.05) is 12.3 Å². The Labute approximate surface area is 90.0 Å². The van der Waals surface area contributed by atoms with Gasteiger partial charge < -0.3 is 10.5 Å². The quantitative estimate of drug-likeness (QED) is 0.765. The van der Waals surface area contributed by atoms with Crippen LogP contribution in [-0.2, 0) is 0 Å². The topological polar surface area (TPSA) is 35.2 Å². The molecule has 0 aliphatic carbocycles. The Hall–Kier alpha value is -0.890. The summed E-state index contributed by atoms with van der Waals surface area (Å²) in [7, 11) is 0. The van der Waals surface area contributed by atoms with Crippen molar-refractivity contribution in [2.45, 2.75) is 20.8 Å². The maximum Gasteiger partial charge on any atom is 0.120 e. The minimum Gasteiger partial charge on any atom is -0.493 e. The van der Waals surface area contributed by atoms with E-state index in [1.165, 1.54) is 0 Å². The van der Waals surface area contributed by atoms with Gasteiger partial charge >= 0.3 is 0 Å². The molecule has 2 N–H and O–H groups in total. The number of nitrogens with two attached hydrogens (primary N) is 1. The normalized spacial score (nSPS) is 11.4. The van der Waals surface area contributed by atoms with Gasteiger partial charge in [-0.3, -0.25) is 0 Å². The fraction of sp³-hybridized carbons (Fsp3) is 0.455. The third-order valence-corrected chi connectivity index (χ3v) is 1.97. The fourth-order valence-electron chi connectivity index (χ4n) is 0.897. The van der Waals surface area contributed by atoms with Crippen LogP contribution in [0.4, 0.5) is 5.69 Å². The first-order chi connectivity index (χ1) is 6.38. The maximum atomic E-state index is 5.86. The van der Waals surface area contributed by atoms with Gasteiger partial charge in [-0.05, 0) is 17.5 Å². The molecule has 0 aliphatic heterocycles. The Kier molecular flexibility index (Phi) is 3.27. The predicted octanol–water partition coefficient (Wildman–Crippen LogP) is 3.35. The Bertz CT molecular complexity index is 318. The van der Waals surface area contributed by atoms with Gasteiger partial charge in [-0.1, -0.05) is 32.4 Å². The predicted molar refractivity (Wildman–Crippen MR) is 60.8 cm³/mol. The van der Waals surface area contributed by atoms with Gasteiger partial charge in [0.2, 0.25) is 0 Å². The van der Waals surface area contributed by atoms with E-state index in [4.69, 9.17) is 22.1 Å². The Balaban J connectivity index is 2.65. The summed E-state index contributed by atoms with van der Waals surface area (Å²) >= 11 is 5.86. The molecule has 0 amide bonds. The van der Waals surface area contributed by atoms with Crippen LogP contribution in [0, 0.1) is 5.41 Å². The lowest BCUT2D eigenvalue weighted by Gasteiger charge is -2.18. The van der Waals surface area contributed by atoms with Crippen molar-refractivity contribution in [3.8, 4) is 5.75 Å². The summed E-state index contributed by atoms with van der Waals surface area (Å²) in [5, 5.41) is 0.538. The molecule has 14 heavy (non-hydrogen) atoms. The van der Waals surface area contributed by atoms with Crippen LogP contribution in [0.1, 0.15) is 20.8 Å². The van der Waals surface area contributed by atoms with Gasteiger partial charge in [0.1, 0.15) is 5.75 Å². The summed E-state index contributed by atoms with van der Waals surface area (Å²) in [5.74, 6) is 0.763. The smallest absolute Gasteiger partial charge is 0.120 e. The van der Waals surface area contributed by atoms with E-state index in [-0.39, 0.29) is 5.41 Å². The molecule has 0 atom stereocenters. The Morgan fingerprint density at radius 3 is 2.50 bits per heavy atom. The lowest BCUT2D eigenvalue weighted by atomic mass is 9.99. The molecule has 3 heteroatoms. The van der Waals surface area contributed by atoms with Gasteiger partial charge in [-0.15, -0.1) is 0 Å². The van der Waals surface area contributed by atoms with Crippen molar-refractivity contribution in [3.63, 3.8) is 0 Å². The highest BCUT2D eigenvalue weighted by atomic mass is 35.5. The van der Waals surface area contributed by atoms with E-state index in [1.807, 2.05) is 6.07 Å². The van der Waals surface area contributed by atoms with Crippen LogP contribution in [0.15, 0.2) is 18.2 Å². The first kappa shape index (κ1) is 11.2. The first-order valence-electron chi connectivity index (χ1n) is 4.56. The number of rotatable bonds is 2. The Morgan fingerprint density at radius 2 is 2.00 bits per heavy atom. The van der Waals surface area contributed by atoms with Gasteiger partial charge in [-0.2, -0.15) is 0 Å². The molecule has 2 nitrogen and oxygen atoms in total. The average Bonchev–Trinajstić information content (AvgIpc) is 2.06. The molecule has 0 spiro atoms. The van der Waals surface area contributed by atoms with Crippen LogP contribution in [0.5, 0.6) is 5.75 Å². The van der Waals surface area contributed by atoms with E-state index in [2.05, 4.69) is 20.8 Å². The van der Waals surface area contributed by atoms with Gasteiger partial charge in [0.15, 0.2) is 0 Å². The minimum atomic E-state index is 0.147. The maximum absolute atomic E-state index is 5.86. The number of benzene rings is 1. The highest BCUT2D eigenvalue weighted by Gasteiger charge is 2.11. The molecular weight excluding hydrogens is 198 g/mol. The number of nitrogen functional groups attached to an aromatic ring is 1. The molecule has 0 aliphatic rings. The lowest BCUT2D eigenvalue weighted by molar-refractivity contribution is 0.198. The van der Waals surface area contributed by atoms with E-state index >= 15 is 0 Å². The molecule has 0 saturated heterocycles. The molecule has 0 radical (unpaired) electrons. The molecule has 0 heterocycles. The summed E-state index contributed by atoms with van der Waals surface area (Å²) in [6, 6.07) is 5.32. The number of ether oxygens (including phenoxy) is 1. The van der Waals surface area contributed by atoms with E-state index in [9.17, 15) is 0 Å². The van der Waals surface area contributed by atoms with Crippen LogP contribution in [0.3, 0.4) is 0 Å². The van der Waals surface area contributed by atoms with E-state index in [1.54, 1.807) is 12.1 Å². The van der Waals surface area contributed by atoms with Crippen LogP contribution in [0.2, 0.25) is 5.02 Å². The van der Waals surface area contributed by atoms with E-state index < -0.39 is 0 Å². The van der Waals surface area contributed by atoms with E-state index in [0.29, 0.717) is 17.3 Å². The summed E-state index contributed by atoms with van der Waals surface area (Å²) in [6.45, 7) is 7.01. The zero-order valence-corrected chi connectivity index (χ0v) is 9.56. The van der Waals surface area contributed by atoms with Gasteiger partial charge in [0, 0.05) is 6.07 Å². The van der Waals surface area contributed by atoms with Crippen LogP contribution < -0.4 is 10.5 Å². The molecule has 0 fully saturated rings. The zero-order valence-electron chi connectivity index (χ0n) is 8.80. The molecule has 1 aromatic carbocycles. The molecule has 0 bridgehead atoms. The van der Waals surface area contributed by atoms with Gasteiger partial charge in [-0.25, -0.2) is 0 Å². The average molecular weight is 214 g/mol. The third-order valence-electron chi connectivity index (χ3n) is 1.64. The third kappa shape index (κ3) is 3.46. The second kappa shape index (κ2) is 4.09. The van der Waals surface area contributed by atoms with Crippen LogP contribution in [0.25, 0.3) is 0 Å². The second-order valence-electron chi connectivity index (χ2n) is 4.53. The Morgan fingerprint density at radius 1 is 1.36 bits per heavy atom. The van der Waals surface area contributed by atoms with Crippen molar-refractivity contribution < 1.29 is 4.74 Å². The summed E-state index contributed by atoms with van der Waals surface area (Å²) in [4.78, 5) is 0. The number of hydrogen-bond acceptors (Lipinski definition) is 2. The van der Waals surface area contributed by atoms with Crippen LogP contribution >= 0.6 is 11.6 Å². The monoisotopic (exact) mass is 213 g/mol. The molecule has 78 valence electrons. The molecular formula is C11H16ClNO. The second-order valence-corrected chi connectivity index (χ2v) is 4.94. The van der Waals surface area contributed by atoms with Crippen molar-refractivity contribution in [1.29, 1.82) is 0 Å². The lowest BCUT2D eigenvalue weighted by Crippen LogP contribution is -2.16. The number of hydrogen-bond donors (Lipinski definition) is 1. The summed E-state index contributed by atoms with van der Waals surface area (Å²) in [6.07, 6.45) is 0. The SMILES string of the molecule is CC(C)(C)COc1ccc(N)c(Cl)c1. The van der Waals surface area contributed by atoms with Crippen molar-refractivity contribution >= 4 is 17.3 Å². The van der Waals surface area contributed by atoms with Crippen molar-refractivity contribution in [3.05, 3.63) is 23.2 Å². The molecule has 0 unspecified atom stereocenters. The number of anilines is 1. The first-order valence-corrected chi connectivity index (χ1v) is 4.94. The highest BCUT2D eigenvalue weighted by Crippen LogP contribution is 2.25. The standard InChI is InChI=1S/C11H16ClNO/c1-11(2,3)7-14-8-4-5-10(13)9(12)6-8/h4-6H,7,13H2,1-3H3. The minimum absolute atomic E-state index is 0.147.